The summed E-state index contributed by atoms with van der Waals surface area (Å²) >= 11 is 0. The van der Waals surface area contributed by atoms with Gasteiger partial charge in [0.1, 0.15) is 5.75 Å². The number of carbonyl (C=O) groups excluding carboxylic acids is 1. The van der Waals surface area contributed by atoms with Crippen LogP contribution in [0.1, 0.15) is 19.3 Å². The van der Waals surface area contributed by atoms with Crippen LogP contribution in [-0.4, -0.2) is 67.1 Å². The highest BCUT2D eigenvalue weighted by Crippen LogP contribution is 2.33. The third-order valence-corrected chi connectivity index (χ3v) is 7.68. The quantitative estimate of drug-likeness (QED) is 0.252. The predicted molar refractivity (Wildman–Crippen MR) is 116 cm³/mol. The molecule has 0 saturated carbocycles. The number of carbonyl (C=O) groups is 1. The first-order valence-corrected chi connectivity index (χ1v) is 12.0. The predicted octanol–water partition coefficient (Wildman–Crippen LogP) is 1.59. The Bertz CT molecular complexity index is 1080. The van der Waals surface area contributed by atoms with E-state index in [-0.39, 0.29) is 18.6 Å². The molecule has 2 heterocycles. The Labute approximate surface area is 195 Å². The number of nitrogens with zero attached hydrogens (tertiary/aromatic N) is 2. The zero-order valence-electron chi connectivity index (χ0n) is 18.2. The van der Waals surface area contributed by atoms with Gasteiger partial charge in [0, 0.05) is 19.3 Å². The summed E-state index contributed by atoms with van der Waals surface area (Å²) in [7, 11) is -4.83. The van der Waals surface area contributed by atoms with Crippen LogP contribution in [0.15, 0.2) is 41.6 Å². The highest BCUT2D eigenvalue weighted by Gasteiger charge is 2.48. The van der Waals surface area contributed by atoms with Crippen LogP contribution in [0.4, 0.5) is 8.78 Å². The van der Waals surface area contributed by atoms with E-state index >= 15 is 0 Å². The number of benzene rings is 1. The van der Waals surface area contributed by atoms with Gasteiger partial charge in [0.15, 0.2) is 17.4 Å². The van der Waals surface area contributed by atoms with Gasteiger partial charge in [-0.3, -0.25) is 19.9 Å². The van der Waals surface area contributed by atoms with Crippen LogP contribution in [0, 0.1) is 11.6 Å². The molecule has 3 rings (SSSR count). The second kappa shape index (κ2) is 11.1. The van der Waals surface area contributed by atoms with Crippen molar-refractivity contribution >= 4 is 15.7 Å². The maximum Gasteiger partial charge on any atom is 0.279 e. The summed E-state index contributed by atoms with van der Waals surface area (Å²) in [5.41, 5.74) is 7.22. The fourth-order valence-electron chi connectivity index (χ4n) is 3.54. The second-order valence-corrected chi connectivity index (χ2v) is 9.96. The molecular formula is C21H26F2N4O6S. The van der Waals surface area contributed by atoms with E-state index in [9.17, 15) is 22.0 Å². The summed E-state index contributed by atoms with van der Waals surface area (Å²) in [6.07, 6.45) is 2.98. The summed E-state index contributed by atoms with van der Waals surface area (Å²) < 4.78 is 66.1. The number of sulfone groups is 1. The molecule has 13 heteroatoms. The van der Waals surface area contributed by atoms with Gasteiger partial charge in [0.2, 0.25) is 14.7 Å². The highest BCUT2D eigenvalue weighted by molar-refractivity contribution is 7.93. The maximum atomic E-state index is 14.7. The van der Waals surface area contributed by atoms with E-state index in [1.165, 1.54) is 30.0 Å². The Balaban J connectivity index is 1.80. The second-order valence-electron chi connectivity index (χ2n) is 7.75. The minimum Gasteiger partial charge on any atom is -0.450 e. The van der Waals surface area contributed by atoms with E-state index in [1.807, 2.05) is 0 Å². The van der Waals surface area contributed by atoms with Crippen molar-refractivity contribution in [2.75, 3.05) is 32.8 Å². The zero-order valence-corrected chi connectivity index (χ0v) is 19.1. The van der Waals surface area contributed by atoms with Gasteiger partial charge in [0.25, 0.3) is 5.91 Å². The number of unbranched alkanes of at least 4 members (excludes halogenated alkanes) is 1. The van der Waals surface area contributed by atoms with Crippen LogP contribution >= 0.6 is 0 Å². The fourth-order valence-corrected chi connectivity index (χ4v) is 5.18. The topological polar surface area (TPSA) is 144 Å². The molecule has 1 saturated heterocycles. The average Bonchev–Trinajstić information content (AvgIpc) is 2.84. The lowest BCUT2D eigenvalue weighted by Crippen LogP contribution is -2.58. The summed E-state index contributed by atoms with van der Waals surface area (Å²) in [5.74, 6) is -4.85. The first-order chi connectivity index (χ1) is 16.2. The lowest BCUT2D eigenvalue weighted by Gasteiger charge is -2.29. The molecular weight excluding hydrogens is 474 g/mol. The van der Waals surface area contributed by atoms with Gasteiger partial charge in [0.05, 0.1) is 24.3 Å². The molecule has 1 amide bonds. The molecule has 34 heavy (non-hydrogen) atoms. The van der Waals surface area contributed by atoms with E-state index in [1.54, 1.807) is 0 Å². The zero-order chi connectivity index (χ0) is 24.8. The van der Waals surface area contributed by atoms with Gasteiger partial charge >= 0.3 is 0 Å². The summed E-state index contributed by atoms with van der Waals surface area (Å²) in [6.45, 7) is 3.29. The van der Waals surface area contributed by atoms with Gasteiger partial charge in [-0.25, -0.2) is 22.7 Å². The van der Waals surface area contributed by atoms with Crippen molar-refractivity contribution in [1.82, 2.24) is 15.4 Å². The van der Waals surface area contributed by atoms with Crippen molar-refractivity contribution in [3.05, 3.63) is 48.3 Å². The van der Waals surface area contributed by atoms with E-state index in [4.69, 9.17) is 20.4 Å². The van der Waals surface area contributed by atoms with Gasteiger partial charge in [-0.05, 0) is 50.1 Å². The van der Waals surface area contributed by atoms with Crippen LogP contribution < -0.4 is 16.0 Å². The highest BCUT2D eigenvalue weighted by atomic mass is 32.2. The average molecular weight is 501 g/mol. The normalized spacial score (nSPS) is 16.6. The number of hydroxylamine groups is 1. The number of aromatic nitrogens is 1. The molecule has 0 radical (unpaired) electrons. The fraction of sp³-hybridized carbons (Fsp3) is 0.429. The van der Waals surface area contributed by atoms with E-state index < -0.39 is 42.9 Å². The molecule has 1 aliphatic heterocycles. The number of amides is 1. The van der Waals surface area contributed by atoms with E-state index in [0.717, 1.165) is 13.1 Å². The lowest BCUT2D eigenvalue weighted by atomic mass is 10.1. The molecule has 1 aromatic heterocycles. The number of ether oxygens (including phenoxy) is 2. The van der Waals surface area contributed by atoms with Gasteiger partial charge in [-0.15, -0.1) is 0 Å². The van der Waals surface area contributed by atoms with Gasteiger partial charge < -0.3 is 15.2 Å². The van der Waals surface area contributed by atoms with Crippen LogP contribution in [0.2, 0.25) is 0 Å². The largest absolute Gasteiger partial charge is 0.450 e. The van der Waals surface area contributed by atoms with Crippen molar-refractivity contribution in [2.45, 2.75) is 29.0 Å². The van der Waals surface area contributed by atoms with E-state index in [2.05, 4.69) is 9.88 Å². The molecule has 186 valence electrons. The van der Waals surface area contributed by atoms with Crippen molar-refractivity contribution in [3.63, 3.8) is 0 Å². The standard InChI is InChI=1S/C21H26F2N4O6S/c22-17-12-16(13-18(23)19(17)33-15-4-3-6-25-14-15)34(30,31)21(24,20(28)26-29)5-1-2-7-27-8-10-32-11-9-27/h3-4,6,12-14,29H,1-2,5,7-11,24H2,(H,26,28)/t21-/m0/s1. The first-order valence-electron chi connectivity index (χ1n) is 10.5. The number of nitrogens with one attached hydrogen (secondary N) is 1. The number of morpholine rings is 1. The van der Waals surface area contributed by atoms with Gasteiger partial charge in [-0.2, -0.15) is 0 Å². The Morgan fingerprint density at radius 3 is 2.53 bits per heavy atom. The molecule has 0 bridgehead atoms. The SMILES string of the molecule is N[C@](CCCCN1CCOCC1)(C(=O)NO)S(=O)(=O)c1cc(F)c(Oc2cccnc2)c(F)c1. The van der Waals surface area contributed by atoms with Crippen molar-refractivity contribution in [2.24, 2.45) is 5.73 Å². The van der Waals surface area contributed by atoms with Crippen LogP contribution in [-0.2, 0) is 19.4 Å². The number of hydrogen-bond acceptors (Lipinski definition) is 9. The Hall–Kier alpha value is -2.71. The number of halogens is 2. The third-order valence-electron chi connectivity index (χ3n) is 5.48. The van der Waals surface area contributed by atoms with Crippen LogP contribution in [0.3, 0.4) is 0 Å². The molecule has 0 spiro atoms. The van der Waals surface area contributed by atoms with Crippen molar-refractivity contribution in [3.8, 4) is 11.5 Å². The van der Waals surface area contributed by atoms with E-state index in [0.29, 0.717) is 38.3 Å². The Kier molecular flexibility index (Phi) is 8.49. The molecule has 1 aliphatic rings. The summed E-state index contributed by atoms with van der Waals surface area (Å²) in [4.78, 5) is 14.7. The van der Waals surface area contributed by atoms with Gasteiger partial charge in [-0.1, -0.05) is 0 Å². The molecule has 1 atom stereocenters. The monoisotopic (exact) mass is 500 g/mol. The number of hydrogen-bond donors (Lipinski definition) is 3. The molecule has 10 nitrogen and oxygen atoms in total. The van der Waals surface area contributed by atoms with Crippen LogP contribution in [0.25, 0.3) is 0 Å². The number of rotatable bonds is 10. The smallest absolute Gasteiger partial charge is 0.279 e. The molecule has 0 unspecified atom stereocenters. The molecule has 1 aromatic carbocycles. The van der Waals surface area contributed by atoms with Crippen LogP contribution in [0.5, 0.6) is 11.5 Å². The first kappa shape index (κ1) is 25.9. The van der Waals surface area contributed by atoms with Crippen molar-refractivity contribution < 1.29 is 36.7 Å². The Morgan fingerprint density at radius 1 is 1.26 bits per heavy atom. The third kappa shape index (κ3) is 5.67. The molecule has 0 aliphatic carbocycles. The lowest BCUT2D eigenvalue weighted by molar-refractivity contribution is -0.132. The Morgan fingerprint density at radius 2 is 1.94 bits per heavy atom. The molecule has 2 aromatic rings. The maximum absolute atomic E-state index is 14.7. The molecule has 1 fully saturated rings. The molecule has 4 N–H and O–H groups in total. The number of pyridine rings is 1. The minimum absolute atomic E-state index is 0.0315. The summed E-state index contributed by atoms with van der Waals surface area (Å²) in [5, 5.41) is 9.12. The minimum atomic E-state index is -4.83. The number of nitrogens with two attached hydrogens (primary N) is 1. The van der Waals surface area contributed by atoms with Crippen molar-refractivity contribution in [1.29, 1.82) is 0 Å². The summed E-state index contributed by atoms with van der Waals surface area (Å²) in [6, 6.07) is 3.93.